The van der Waals surface area contributed by atoms with E-state index in [1.165, 1.54) is 38.5 Å². The van der Waals surface area contributed by atoms with Crippen molar-refractivity contribution in [2.24, 2.45) is 23.7 Å². The molecule has 0 radical (unpaired) electrons. The van der Waals surface area contributed by atoms with Gasteiger partial charge in [-0.05, 0) is 63.2 Å². The first-order chi connectivity index (χ1) is 10.2. The van der Waals surface area contributed by atoms with E-state index in [9.17, 15) is 4.79 Å². The summed E-state index contributed by atoms with van der Waals surface area (Å²) in [5, 5.41) is 0. The Hall–Kier alpha value is -0.570. The van der Waals surface area contributed by atoms with Crippen molar-refractivity contribution in [2.45, 2.75) is 70.4 Å². The minimum absolute atomic E-state index is 0.310. The van der Waals surface area contributed by atoms with E-state index in [0.29, 0.717) is 29.9 Å². The van der Waals surface area contributed by atoms with Crippen LogP contribution in [0.15, 0.2) is 0 Å². The van der Waals surface area contributed by atoms with Crippen molar-refractivity contribution in [2.75, 3.05) is 13.2 Å². The molecule has 118 valence electrons. The van der Waals surface area contributed by atoms with Gasteiger partial charge in [0.1, 0.15) is 0 Å². The maximum atomic E-state index is 12.9. The lowest BCUT2D eigenvalue weighted by Gasteiger charge is -2.33. The van der Waals surface area contributed by atoms with Gasteiger partial charge in [0.15, 0.2) is 0 Å². The molecular formula is C18H29NO2. The third kappa shape index (κ3) is 2.74. The summed E-state index contributed by atoms with van der Waals surface area (Å²) in [6.07, 6.45) is 10.2. The molecule has 0 aromatic heterocycles. The summed E-state index contributed by atoms with van der Waals surface area (Å²) in [6.45, 7) is 4.24. The second kappa shape index (κ2) is 5.57. The summed E-state index contributed by atoms with van der Waals surface area (Å²) in [5.74, 6) is 3.03. The van der Waals surface area contributed by atoms with Crippen LogP contribution in [0.4, 0.5) is 0 Å². The molecule has 21 heavy (non-hydrogen) atoms. The Labute approximate surface area is 128 Å². The van der Waals surface area contributed by atoms with Gasteiger partial charge in [-0.25, -0.2) is 0 Å². The summed E-state index contributed by atoms with van der Waals surface area (Å²) in [5.41, 5.74) is 0. The highest BCUT2D eigenvalue weighted by Gasteiger charge is 2.50. The third-order valence-electron chi connectivity index (χ3n) is 6.38. The van der Waals surface area contributed by atoms with Crippen molar-refractivity contribution < 1.29 is 9.53 Å². The molecule has 3 nitrogen and oxygen atoms in total. The molecule has 1 saturated heterocycles. The molecule has 3 aliphatic carbocycles. The fourth-order valence-corrected chi connectivity index (χ4v) is 4.72. The minimum atomic E-state index is 0.310. The van der Waals surface area contributed by atoms with Crippen molar-refractivity contribution in [1.82, 2.24) is 4.90 Å². The van der Waals surface area contributed by atoms with E-state index in [1.807, 2.05) is 0 Å². The number of hydrogen-bond donors (Lipinski definition) is 0. The van der Waals surface area contributed by atoms with Crippen molar-refractivity contribution in [3.63, 3.8) is 0 Å². The number of carbonyl (C=O) groups excluding carboxylic acids is 1. The molecule has 3 saturated carbocycles. The molecule has 1 aliphatic heterocycles. The van der Waals surface area contributed by atoms with Gasteiger partial charge in [-0.15, -0.1) is 0 Å². The zero-order valence-corrected chi connectivity index (χ0v) is 13.3. The quantitative estimate of drug-likeness (QED) is 0.796. The van der Waals surface area contributed by atoms with Crippen LogP contribution in [0, 0.1) is 23.7 Å². The molecule has 1 heterocycles. The first-order valence-electron chi connectivity index (χ1n) is 9.14. The van der Waals surface area contributed by atoms with Gasteiger partial charge in [-0.2, -0.15) is 0 Å². The highest BCUT2D eigenvalue weighted by Crippen LogP contribution is 2.43. The zero-order chi connectivity index (χ0) is 14.4. The van der Waals surface area contributed by atoms with E-state index in [2.05, 4.69) is 11.8 Å². The largest absolute Gasteiger partial charge is 0.375 e. The minimum Gasteiger partial charge on any atom is -0.375 e. The number of likely N-dealkylation sites (tertiary alicyclic amines) is 1. The summed E-state index contributed by atoms with van der Waals surface area (Å²) in [7, 11) is 0. The summed E-state index contributed by atoms with van der Waals surface area (Å²) >= 11 is 0. The maximum Gasteiger partial charge on any atom is 0.226 e. The number of fused-ring (bicyclic) bond motifs is 2. The second-order valence-corrected chi connectivity index (χ2v) is 8.09. The lowest BCUT2D eigenvalue weighted by molar-refractivity contribution is -0.139. The molecule has 3 unspecified atom stereocenters. The lowest BCUT2D eigenvalue weighted by atomic mass is 9.82. The van der Waals surface area contributed by atoms with Crippen molar-refractivity contribution in [1.29, 1.82) is 0 Å². The second-order valence-electron chi connectivity index (χ2n) is 8.09. The van der Waals surface area contributed by atoms with E-state index in [0.717, 1.165) is 37.8 Å². The molecule has 0 aromatic rings. The van der Waals surface area contributed by atoms with E-state index in [1.54, 1.807) is 0 Å². The van der Waals surface area contributed by atoms with Crippen LogP contribution in [0.1, 0.15) is 58.3 Å². The Balaban J connectivity index is 1.36. The predicted octanol–water partition coefficient (Wildman–Crippen LogP) is 3.23. The Kier molecular flexibility index (Phi) is 3.72. The molecule has 4 aliphatic rings. The molecule has 0 N–H and O–H groups in total. The van der Waals surface area contributed by atoms with Crippen LogP contribution < -0.4 is 0 Å². The van der Waals surface area contributed by atoms with E-state index >= 15 is 0 Å². The first-order valence-corrected chi connectivity index (χ1v) is 9.14. The van der Waals surface area contributed by atoms with Crippen LogP contribution in [-0.2, 0) is 9.53 Å². The van der Waals surface area contributed by atoms with Crippen LogP contribution in [0.5, 0.6) is 0 Å². The summed E-state index contributed by atoms with van der Waals surface area (Å²) < 4.78 is 6.20. The summed E-state index contributed by atoms with van der Waals surface area (Å²) in [4.78, 5) is 15.1. The molecule has 1 amide bonds. The summed E-state index contributed by atoms with van der Waals surface area (Å²) in [6, 6.07) is 0.403. The molecule has 0 aromatic carbocycles. The standard InChI is InChI=1S/C18H29NO2/c1-12-2-6-14(7-3-12)18(20)19-10-15-8-9-16(19)17(15)21-11-13-4-5-13/h12-17H,2-11H2,1H3. The molecule has 4 fully saturated rings. The average Bonchev–Trinajstić information content (AvgIpc) is 3.18. The smallest absolute Gasteiger partial charge is 0.226 e. The van der Waals surface area contributed by atoms with E-state index in [4.69, 9.17) is 4.74 Å². The van der Waals surface area contributed by atoms with Gasteiger partial charge in [0, 0.05) is 25.0 Å². The molecule has 3 heteroatoms. The average molecular weight is 291 g/mol. The Morgan fingerprint density at radius 3 is 2.52 bits per heavy atom. The fraction of sp³-hybridized carbons (Fsp3) is 0.944. The van der Waals surface area contributed by atoms with Crippen molar-refractivity contribution >= 4 is 5.91 Å². The normalized spacial score (nSPS) is 42.5. The number of piperidine rings is 1. The van der Waals surface area contributed by atoms with Gasteiger partial charge < -0.3 is 9.64 Å². The molecule has 4 rings (SSSR count). The molecule has 3 atom stereocenters. The highest BCUT2D eigenvalue weighted by molar-refractivity contribution is 5.80. The number of amides is 1. The number of rotatable bonds is 4. The topological polar surface area (TPSA) is 29.5 Å². The molecule has 2 bridgehead atoms. The van der Waals surface area contributed by atoms with Crippen LogP contribution in [0.25, 0.3) is 0 Å². The lowest BCUT2D eigenvalue weighted by Crippen LogP contribution is -2.44. The van der Waals surface area contributed by atoms with Gasteiger partial charge in [-0.3, -0.25) is 4.79 Å². The number of carbonyl (C=O) groups is 1. The highest BCUT2D eigenvalue weighted by atomic mass is 16.5. The molecule has 0 spiro atoms. The van der Waals surface area contributed by atoms with E-state index < -0.39 is 0 Å². The van der Waals surface area contributed by atoms with Crippen LogP contribution in [0.2, 0.25) is 0 Å². The Bertz CT molecular complexity index is 398. The first kappa shape index (κ1) is 14.0. The predicted molar refractivity (Wildman–Crippen MR) is 81.8 cm³/mol. The Morgan fingerprint density at radius 1 is 1.05 bits per heavy atom. The Morgan fingerprint density at radius 2 is 1.81 bits per heavy atom. The zero-order valence-electron chi connectivity index (χ0n) is 13.3. The van der Waals surface area contributed by atoms with Gasteiger partial charge in [0.25, 0.3) is 0 Å². The third-order valence-corrected chi connectivity index (χ3v) is 6.38. The van der Waals surface area contributed by atoms with Crippen molar-refractivity contribution in [3.8, 4) is 0 Å². The number of ether oxygens (including phenoxy) is 1. The number of nitrogens with zero attached hydrogens (tertiary/aromatic N) is 1. The van der Waals surface area contributed by atoms with Crippen LogP contribution in [-0.4, -0.2) is 36.1 Å². The fourth-order valence-electron chi connectivity index (χ4n) is 4.72. The van der Waals surface area contributed by atoms with Gasteiger partial charge >= 0.3 is 0 Å². The maximum absolute atomic E-state index is 12.9. The van der Waals surface area contributed by atoms with Gasteiger partial charge in [0.05, 0.1) is 12.1 Å². The van der Waals surface area contributed by atoms with Crippen molar-refractivity contribution in [3.05, 3.63) is 0 Å². The van der Waals surface area contributed by atoms with Gasteiger partial charge in [0.2, 0.25) is 5.91 Å². The van der Waals surface area contributed by atoms with Gasteiger partial charge in [-0.1, -0.05) is 6.92 Å². The van der Waals surface area contributed by atoms with Crippen LogP contribution in [0.3, 0.4) is 0 Å². The number of hydrogen-bond acceptors (Lipinski definition) is 2. The monoisotopic (exact) mass is 291 g/mol. The van der Waals surface area contributed by atoms with Crippen LogP contribution >= 0.6 is 0 Å². The molecular weight excluding hydrogens is 262 g/mol. The van der Waals surface area contributed by atoms with E-state index in [-0.39, 0.29) is 0 Å². The SMILES string of the molecule is CC1CCC(C(=O)N2CC3CCC2C3OCC2CC2)CC1.